The van der Waals surface area contributed by atoms with E-state index in [1.807, 2.05) is 25.1 Å². The Kier molecular flexibility index (Phi) is 5.29. The van der Waals surface area contributed by atoms with E-state index in [4.69, 9.17) is 0 Å². The fraction of sp³-hybridized carbons (Fsp3) is 0.333. The molecule has 0 aliphatic carbocycles. The van der Waals surface area contributed by atoms with E-state index in [2.05, 4.69) is 20.5 Å². The van der Waals surface area contributed by atoms with Crippen molar-refractivity contribution < 1.29 is 4.79 Å². The number of carbonyl (C=O) groups excluding carboxylic acids is 1. The number of nitrogens with zero attached hydrogens (tertiary/aromatic N) is 3. The number of hydrogen-bond donors (Lipinski definition) is 1. The number of aryl methyl sites for hydroxylation is 1. The molecule has 0 unspecified atom stereocenters. The van der Waals surface area contributed by atoms with E-state index in [9.17, 15) is 4.79 Å². The Balaban J connectivity index is 1.73. The Labute approximate surface area is 119 Å². The lowest BCUT2D eigenvalue weighted by molar-refractivity contribution is -0.113. The first kappa shape index (κ1) is 14.0. The molecule has 0 aliphatic rings. The van der Waals surface area contributed by atoms with Crippen LogP contribution in [-0.4, -0.2) is 26.8 Å². The van der Waals surface area contributed by atoms with Gasteiger partial charge in [-0.15, -0.1) is 22.0 Å². The van der Waals surface area contributed by atoms with Gasteiger partial charge in [0.1, 0.15) is 5.01 Å². The largest absolute Gasteiger partial charge is 0.300 e. The summed E-state index contributed by atoms with van der Waals surface area (Å²) in [5.74, 6) is 1.06. The molecule has 0 saturated carbocycles. The third kappa shape index (κ3) is 4.60. The number of hydrogen-bond acceptors (Lipinski definition) is 6. The first-order valence-electron chi connectivity index (χ1n) is 5.88. The van der Waals surface area contributed by atoms with E-state index in [0.717, 1.165) is 22.9 Å². The average molecular weight is 294 g/mol. The molecule has 0 atom stereocenters. The fourth-order valence-corrected chi connectivity index (χ4v) is 2.77. The topological polar surface area (TPSA) is 67.8 Å². The number of amides is 1. The number of carbonyl (C=O) groups is 1. The fourth-order valence-electron chi connectivity index (χ4n) is 1.33. The van der Waals surface area contributed by atoms with E-state index in [0.29, 0.717) is 10.9 Å². The van der Waals surface area contributed by atoms with Crippen LogP contribution in [0.4, 0.5) is 5.13 Å². The molecule has 5 nitrogen and oxygen atoms in total. The molecule has 7 heteroatoms. The Morgan fingerprint density at radius 2 is 2.32 bits per heavy atom. The minimum Gasteiger partial charge on any atom is -0.300 e. The molecule has 0 aromatic carbocycles. The second kappa shape index (κ2) is 7.20. The van der Waals surface area contributed by atoms with Crippen molar-refractivity contribution in [1.82, 2.24) is 15.2 Å². The first-order chi connectivity index (χ1) is 9.28. The second-order valence-corrected chi connectivity index (χ2v) is 5.76. The molecular formula is C12H14N4OS2. The van der Waals surface area contributed by atoms with Crippen molar-refractivity contribution in [2.45, 2.75) is 19.1 Å². The van der Waals surface area contributed by atoms with Crippen molar-refractivity contribution >= 4 is 34.1 Å². The molecule has 2 aromatic heterocycles. The van der Waals surface area contributed by atoms with Crippen molar-refractivity contribution in [1.29, 1.82) is 0 Å². The van der Waals surface area contributed by atoms with Gasteiger partial charge in [-0.2, -0.15) is 0 Å². The Morgan fingerprint density at radius 3 is 3.00 bits per heavy atom. The minimum absolute atomic E-state index is 0.0558. The van der Waals surface area contributed by atoms with E-state index < -0.39 is 0 Å². The van der Waals surface area contributed by atoms with Gasteiger partial charge in [-0.25, -0.2) is 0 Å². The Hall–Kier alpha value is -1.47. The lowest BCUT2D eigenvalue weighted by Gasteiger charge is -2.01. The normalized spacial score (nSPS) is 10.4. The monoisotopic (exact) mass is 294 g/mol. The molecule has 1 amide bonds. The van der Waals surface area contributed by atoms with Crippen molar-refractivity contribution in [3.8, 4) is 0 Å². The number of rotatable bonds is 6. The second-order valence-electron chi connectivity index (χ2n) is 3.72. The highest BCUT2D eigenvalue weighted by Gasteiger charge is 2.07. The molecule has 0 bridgehead atoms. The van der Waals surface area contributed by atoms with Crippen molar-refractivity contribution in [2.75, 3.05) is 11.1 Å². The third-order valence-corrected chi connectivity index (χ3v) is 4.17. The maximum absolute atomic E-state index is 11.7. The number of thioether (sulfide) groups is 1. The smallest absolute Gasteiger partial charge is 0.236 e. The van der Waals surface area contributed by atoms with Crippen LogP contribution in [0.3, 0.4) is 0 Å². The zero-order valence-electron chi connectivity index (χ0n) is 10.5. The molecular weight excluding hydrogens is 280 g/mol. The van der Waals surface area contributed by atoms with Crippen LogP contribution in [-0.2, 0) is 17.0 Å². The van der Waals surface area contributed by atoms with Crippen LogP contribution in [0.25, 0.3) is 0 Å². The van der Waals surface area contributed by atoms with Crippen LogP contribution in [0, 0.1) is 0 Å². The summed E-state index contributed by atoms with van der Waals surface area (Å²) in [5, 5.41) is 12.1. The summed E-state index contributed by atoms with van der Waals surface area (Å²) in [6.45, 7) is 2.01. The summed E-state index contributed by atoms with van der Waals surface area (Å²) in [6.07, 6.45) is 2.59. The maximum Gasteiger partial charge on any atom is 0.236 e. The van der Waals surface area contributed by atoms with Crippen LogP contribution < -0.4 is 5.32 Å². The summed E-state index contributed by atoms with van der Waals surface area (Å²) in [6, 6.07) is 5.77. The van der Waals surface area contributed by atoms with Gasteiger partial charge in [-0.05, 0) is 18.6 Å². The third-order valence-electron chi connectivity index (χ3n) is 2.22. The van der Waals surface area contributed by atoms with E-state index >= 15 is 0 Å². The average Bonchev–Trinajstić information content (AvgIpc) is 2.87. The van der Waals surface area contributed by atoms with Gasteiger partial charge in [-0.3, -0.25) is 15.1 Å². The molecule has 0 fully saturated rings. The van der Waals surface area contributed by atoms with Crippen LogP contribution >= 0.6 is 23.1 Å². The van der Waals surface area contributed by atoms with Crippen LogP contribution in [0.1, 0.15) is 17.6 Å². The van der Waals surface area contributed by atoms with Gasteiger partial charge in [-0.1, -0.05) is 24.3 Å². The molecule has 1 N–H and O–H groups in total. The van der Waals surface area contributed by atoms with Gasteiger partial charge in [0.2, 0.25) is 11.0 Å². The lowest BCUT2D eigenvalue weighted by Crippen LogP contribution is -2.14. The Morgan fingerprint density at radius 1 is 1.42 bits per heavy atom. The van der Waals surface area contributed by atoms with Crippen molar-refractivity contribution in [3.05, 3.63) is 35.1 Å². The predicted molar refractivity (Wildman–Crippen MR) is 78.3 cm³/mol. The quantitative estimate of drug-likeness (QED) is 0.886. The first-order valence-corrected chi connectivity index (χ1v) is 7.85. The number of aromatic nitrogens is 3. The molecule has 19 heavy (non-hydrogen) atoms. The molecule has 2 aromatic rings. The van der Waals surface area contributed by atoms with E-state index in [-0.39, 0.29) is 5.91 Å². The summed E-state index contributed by atoms with van der Waals surface area (Å²) in [7, 11) is 0. The lowest BCUT2D eigenvalue weighted by atomic mass is 10.4. The molecule has 0 spiro atoms. The zero-order valence-corrected chi connectivity index (χ0v) is 12.1. The number of pyridine rings is 1. The molecule has 0 saturated heterocycles. The van der Waals surface area contributed by atoms with Gasteiger partial charge in [0.25, 0.3) is 0 Å². The van der Waals surface area contributed by atoms with Crippen LogP contribution in [0.2, 0.25) is 0 Å². The highest BCUT2D eigenvalue weighted by molar-refractivity contribution is 7.99. The molecule has 0 radical (unpaired) electrons. The summed E-state index contributed by atoms with van der Waals surface area (Å²) >= 11 is 2.94. The summed E-state index contributed by atoms with van der Waals surface area (Å²) in [5.41, 5.74) is 0.976. The molecule has 100 valence electrons. The zero-order chi connectivity index (χ0) is 13.5. The highest BCUT2D eigenvalue weighted by atomic mass is 32.2. The Bertz CT molecular complexity index is 530. The van der Waals surface area contributed by atoms with Gasteiger partial charge in [0, 0.05) is 11.9 Å². The minimum atomic E-state index is -0.0558. The van der Waals surface area contributed by atoms with Gasteiger partial charge in [0.05, 0.1) is 11.4 Å². The van der Waals surface area contributed by atoms with E-state index in [1.165, 1.54) is 23.1 Å². The number of anilines is 1. The predicted octanol–water partition coefficient (Wildman–Crippen LogP) is 2.37. The van der Waals surface area contributed by atoms with Crippen LogP contribution in [0.15, 0.2) is 24.4 Å². The highest BCUT2D eigenvalue weighted by Crippen LogP contribution is 2.16. The molecule has 0 aliphatic heterocycles. The van der Waals surface area contributed by atoms with Gasteiger partial charge >= 0.3 is 0 Å². The summed E-state index contributed by atoms with van der Waals surface area (Å²) in [4.78, 5) is 15.9. The standard InChI is InChI=1S/C12H14N4OS2/c1-2-11-15-16-12(19-11)14-10(17)8-18-7-9-5-3-4-6-13-9/h3-6H,2,7-8H2,1H3,(H,14,16,17). The molecule has 2 rings (SSSR count). The van der Waals surface area contributed by atoms with Gasteiger partial charge < -0.3 is 0 Å². The van der Waals surface area contributed by atoms with Crippen molar-refractivity contribution in [2.24, 2.45) is 0 Å². The molecule has 2 heterocycles. The number of nitrogens with one attached hydrogen (secondary N) is 1. The maximum atomic E-state index is 11.7. The van der Waals surface area contributed by atoms with Gasteiger partial charge in [0.15, 0.2) is 0 Å². The summed E-state index contributed by atoms with van der Waals surface area (Å²) < 4.78 is 0. The van der Waals surface area contributed by atoms with Crippen molar-refractivity contribution in [3.63, 3.8) is 0 Å². The van der Waals surface area contributed by atoms with E-state index in [1.54, 1.807) is 6.20 Å². The van der Waals surface area contributed by atoms with Crippen LogP contribution in [0.5, 0.6) is 0 Å². The SMILES string of the molecule is CCc1nnc(NC(=O)CSCc2ccccn2)s1.